The Hall–Kier alpha value is -4.20. The number of carboxylic acid groups (broad SMARTS) is 1. The van der Waals surface area contributed by atoms with Crippen LogP contribution in [0.2, 0.25) is 0 Å². The molecule has 1 heterocycles. The van der Waals surface area contributed by atoms with Gasteiger partial charge in [0.15, 0.2) is 0 Å². The summed E-state index contributed by atoms with van der Waals surface area (Å²) in [7, 11) is 0. The van der Waals surface area contributed by atoms with Gasteiger partial charge in [0, 0.05) is 36.8 Å². The Morgan fingerprint density at radius 2 is 1.66 bits per heavy atom. The molecule has 0 saturated heterocycles. The number of aromatic nitrogens is 1. The fourth-order valence-electron chi connectivity index (χ4n) is 3.72. The summed E-state index contributed by atoms with van der Waals surface area (Å²) in [4.78, 5) is 40.9. The van der Waals surface area contributed by atoms with Crippen LogP contribution in [-0.2, 0) is 16.0 Å². The average Bonchev–Trinajstić information content (AvgIpc) is 2.83. The van der Waals surface area contributed by atoms with Gasteiger partial charge in [-0.2, -0.15) is 0 Å². The molecule has 0 aliphatic heterocycles. The number of carboxylic acids is 1. The average molecular weight is 475 g/mol. The zero-order chi connectivity index (χ0) is 25.2. The Balaban J connectivity index is 1.49. The molecule has 182 valence electrons. The lowest BCUT2D eigenvalue weighted by atomic mass is 10.0. The summed E-state index contributed by atoms with van der Waals surface area (Å²) in [6.45, 7) is 4.27. The summed E-state index contributed by atoms with van der Waals surface area (Å²) in [6, 6.07) is 17.0. The predicted molar refractivity (Wildman–Crippen MR) is 136 cm³/mol. The van der Waals surface area contributed by atoms with Gasteiger partial charge in [0.05, 0.1) is 0 Å². The Bertz CT molecular complexity index is 1140. The maximum atomic E-state index is 12.7. The molecule has 0 radical (unpaired) electrons. The normalized spacial score (nSPS) is 11.4. The van der Waals surface area contributed by atoms with E-state index in [1.165, 1.54) is 0 Å². The monoisotopic (exact) mass is 474 g/mol. The number of carbonyl (C=O) groups is 3. The van der Waals surface area contributed by atoms with E-state index in [4.69, 9.17) is 0 Å². The number of carbonyl (C=O) groups excluding carboxylic acids is 2. The van der Waals surface area contributed by atoms with E-state index in [0.717, 1.165) is 22.5 Å². The predicted octanol–water partition coefficient (Wildman–Crippen LogP) is 3.95. The largest absolute Gasteiger partial charge is 0.480 e. The van der Waals surface area contributed by atoms with E-state index < -0.39 is 17.9 Å². The second-order valence-electron chi connectivity index (χ2n) is 8.33. The van der Waals surface area contributed by atoms with Crippen LogP contribution in [0.4, 0.5) is 11.5 Å². The van der Waals surface area contributed by atoms with E-state index in [9.17, 15) is 19.5 Å². The van der Waals surface area contributed by atoms with Crippen molar-refractivity contribution in [2.45, 2.75) is 39.2 Å². The molecular formula is C27H30N4O4. The highest BCUT2D eigenvalue weighted by Crippen LogP contribution is 2.15. The smallest absolute Gasteiger partial charge is 0.326 e. The first-order chi connectivity index (χ1) is 16.8. The fraction of sp³-hybridized carbons (Fsp3) is 0.259. The molecule has 0 spiro atoms. The summed E-state index contributed by atoms with van der Waals surface area (Å²) in [5, 5.41) is 18.3. The van der Waals surface area contributed by atoms with Crippen LogP contribution >= 0.6 is 0 Å². The van der Waals surface area contributed by atoms with Gasteiger partial charge in [-0.3, -0.25) is 9.59 Å². The summed E-state index contributed by atoms with van der Waals surface area (Å²) in [5.41, 5.74) is 3.44. The van der Waals surface area contributed by atoms with E-state index in [-0.39, 0.29) is 12.3 Å². The van der Waals surface area contributed by atoms with Gasteiger partial charge in [-0.05, 0) is 61.2 Å². The molecule has 8 nitrogen and oxygen atoms in total. The van der Waals surface area contributed by atoms with Crippen LogP contribution in [0.1, 0.15) is 39.9 Å². The number of aliphatic carboxylic acids is 1. The van der Waals surface area contributed by atoms with Crippen molar-refractivity contribution in [2.24, 2.45) is 0 Å². The van der Waals surface area contributed by atoms with Crippen LogP contribution in [0.15, 0.2) is 66.9 Å². The van der Waals surface area contributed by atoms with Gasteiger partial charge in [-0.1, -0.05) is 36.4 Å². The van der Waals surface area contributed by atoms with Crippen LogP contribution < -0.4 is 16.0 Å². The van der Waals surface area contributed by atoms with Gasteiger partial charge in [0.2, 0.25) is 5.91 Å². The number of amides is 2. The zero-order valence-corrected chi connectivity index (χ0v) is 19.9. The highest BCUT2D eigenvalue weighted by Gasteiger charge is 2.22. The van der Waals surface area contributed by atoms with E-state index in [1.54, 1.807) is 30.5 Å². The van der Waals surface area contributed by atoms with Crippen LogP contribution in [0.5, 0.6) is 0 Å². The third-order valence-corrected chi connectivity index (χ3v) is 5.54. The molecule has 0 aliphatic rings. The van der Waals surface area contributed by atoms with Crippen molar-refractivity contribution in [1.29, 1.82) is 0 Å². The van der Waals surface area contributed by atoms with E-state index in [2.05, 4.69) is 20.9 Å². The molecule has 0 saturated carbocycles. The van der Waals surface area contributed by atoms with Crippen molar-refractivity contribution in [3.05, 3.63) is 89.1 Å². The molecule has 1 unspecified atom stereocenters. The summed E-state index contributed by atoms with van der Waals surface area (Å²) in [6.07, 6.45) is 2.84. The zero-order valence-electron chi connectivity index (χ0n) is 19.9. The molecule has 35 heavy (non-hydrogen) atoms. The molecule has 4 N–H and O–H groups in total. The molecule has 2 aromatic carbocycles. The highest BCUT2D eigenvalue weighted by molar-refractivity contribution is 5.99. The maximum Gasteiger partial charge on any atom is 0.326 e. The molecule has 3 rings (SSSR count). The second-order valence-corrected chi connectivity index (χ2v) is 8.33. The minimum absolute atomic E-state index is 0.107. The standard InChI is InChI=1S/C27H30N4O4/c1-18-7-5-8-19(2)25(18)26(33)31-22(27(34)35)17-20-11-13-21(14-12-20)30-24(32)10-6-16-29-23-9-3-4-15-28-23/h3-5,7-9,11-15,22H,6,10,16-17H2,1-2H3,(H,28,29)(H,30,32)(H,31,33)(H,34,35). The Kier molecular flexibility index (Phi) is 8.95. The summed E-state index contributed by atoms with van der Waals surface area (Å²) in [5.74, 6) is -0.853. The Labute approximate surface area is 204 Å². The van der Waals surface area contributed by atoms with Crippen molar-refractivity contribution in [3.63, 3.8) is 0 Å². The fourth-order valence-corrected chi connectivity index (χ4v) is 3.72. The number of hydrogen-bond acceptors (Lipinski definition) is 5. The lowest BCUT2D eigenvalue weighted by Crippen LogP contribution is -2.42. The van der Waals surface area contributed by atoms with Crippen molar-refractivity contribution in [2.75, 3.05) is 17.2 Å². The second kappa shape index (κ2) is 12.3. The number of pyridine rings is 1. The van der Waals surface area contributed by atoms with Crippen molar-refractivity contribution < 1.29 is 19.5 Å². The minimum Gasteiger partial charge on any atom is -0.480 e. The quantitative estimate of drug-likeness (QED) is 0.312. The van der Waals surface area contributed by atoms with Gasteiger partial charge < -0.3 is 21.1 Å². The summed E-state index contributed by atoms with van der Waals surface area (Å²) < 4.78 is 0. The number of hydrogen-bond donors (Lipinski definition) is 4. The molecule has 1 atom stereocenters. The van der Waals surface area contributed by atoms with E-state index in [1.807, 2.05) is 50.2 Å². The van der Waals surface area contributed by atoms with Crippen LogP contribution in [0, 0.1) is 13.8 Å². The maximum absolute atomic E-state index is 12.7. The number of nitrogens with one attached hydrogen (secondary N) is 3. The molecular weight excluding hydrogens is 444 g/mol. The van der Waals surface area contributed by atoms with Crippen molar-refractivity contribution in [3.8, 4) is 0 Å². The first kappa shape index (κ1) is 25.4. The van der Waals surface area contributed by atoms with Gasteiger partial charge in [-0.25, -0.2) is 9.78 Å². The van der Waals surface area contributed by atoms with Crippen LogP contribution in [0.25, 0.3) is 0 Å². The van der Waals surface area contributed by atoms with E-state index in [0.29, 0.717) is 30.6 Å². The number of benzene rings is 2. The Morgan fingerprint density at radius 1 is 0.943 bits per heavy atom. The van der Waals surface area contributed by atoms with Gasteiger partial charge in [-0.15, -0.1) is 0 Å². The topological polar surface area (TPSA) is 120 Å². The highest BCUT2D eigenvalue weighted by atomic mass is 16.4. The number of rotatable bonds is 11. The molecule has 1 aromatic heterocycles. The molecule has 3 aromatic rings. The van der Waals surface area contributed by atoms with Crippen LogP contribution in [0.3, 0.4) is 0 Å². The minimum atomic E-state index is -1.11. The molecule has 0 fully saturated rings. The number of aryl methyl sites for hydroxylation is 2. The molecule has 8 heteroatoms. The summed E-state index contributed by atoms with van der Waals surface area (Å²) >= 11 is 0. The lowest BCUT2D eigenvalue weighted by Gasteiger charge is -2.17. The molecule has 2 amide bonds. The van der Waals surface area contributed by atoms with Gasteiger partial charge in [0.25, 0.3) is 5.91 Å². The number of nitrogens with zero attached hydrogens (tertiary/aromatic N) is 1. The van der Waals surface area contributed by atoms with E-state index >= 15 is 0 Å². The van der Waals surface area contributed by atoms with Crippen LogP contribution in [-0.4, -0.2) is 40.5 Å². The molecule has 0 bridgehead atoms. The third-order valence-electron chi connectivity index (χ3n) is 5.54. The SMILES string of the molecule is Cc1cccc(C)c1C(=O)NC(Cc1ccc(NC(=O)CCCNc2ccccn2)cc1)C(=O)O. The van der Waals surface area contributed by atoms with Crippen molar-refractivity contribution in [1.82, 2.24) is 10.3 Å². The van der Waals surface area contributed by atoms with Gasteiger partial charge in [0.1, 0.15) is 11.9 Å². The molecule has 0 aliphatic carbocycles. The lowest BCUT2D eigenvalue weighted by molar-refractivity contribution is -0.139. The third kappa shape index (κ3) is 7.67. The number of anilines is 2. The van der Waals surface area contributed by atoms with Gasteiger partial charge >= 0.3 is 5.97 Å². The first-order valence-electron chi connectivity index (χ1n) is 11.5. The van der Waals surface area contributed by atoms with Crippen molar-refractivity contribution >= 4 is 29.3 Å². The Morgan fingerprint density at radius 3 is 2.29 bits per heavy atom. The first-order valence-corrected chi connectivity index (χ1v) is 11.5.